The molecular formula is C18H17BrN2O6. The lowest BCUT2D eigenvalue weighted by Crippen LogP contribution is -2.45. The van der Waals surface area contributed by atoms with Gasteiger partial charge in [-0.05, 0) is 31.2 Å². The molecule has 1 aromatic heterocycles. The number of amides is 2. The Hall–Kier alpha value is -2.81. The average Bonchev–Trinajstić information content (AvgIpc) is 3.02. The number of carbonyl (C=O) groups is 3. The van der Waals surface area contributed by atoms with Crippen molar-refractivity contribution in [2.45, 2.75) is 13.5 Å². The zero-order chi connectivity index (χ0) is 19.6. The Morgan fingerprint density at radius 2 is 2.11 bits per heavy atom. The first kappa shape index (κ1) is 19.0. The fraction of sp³-hybridized carbons (Fsp3) is 0.278. The van der Waals surface area contributed by atoms with Crippen LogP contribution in [0.3, 0.4) is 0 Å². The van der Waals surface area contributed by atoms with Gasteiger partial charge in [-0.2, -0.15) is 0 Å². The van der Waals surface area contributed by atoms with Crippen molar-refractivity contribution in [3.05, 3.63) is 45.8 Å². The number of benzene rings is 1. The highest BCUT2D eigenvalue weighted by Gasteiger charge is 2.27. The molecule has 27 heavy (non-hydrogen) atoms. The van der Waals surface area contributed by atoms with E-state index in [1.54, 1.807) is 25.1 Å². The van der Waals surface area contributed by atoms with E-state index in [2.05, 4.69) is 26.0 Å². The molecule has 2 heterocycles. The predicted octanol–water partition coefficient (Wildman–Crippen LogP) is 2.18. The molecule has 8 nitrogen and oxygen atoms in total. The normalized spacial score (nSPS) is 13.0. The lowest BCUT2D eigenvalue weighted by molar-refractivity contribution is -0.125. The second-order valence-corrected chi connectivity index (χ2v) is 6.75. The van der Waals surface area contributed by atoms with Gasteiger partial charge in [0.15, 0.2) is 6.61 Å². The van der Waals surface area contributed by atoms with Crippen molar-refractivity contribution in [3.63, 3.8) is 0 Å². The number of rotatable bonds is 5. The number of nitrogens with one attached hydrogen (secondary N) is 1. The van der Waals surface area contributed by atoms with Crippen molar-refractivity contribution >= 4 is 39.4 Å². The van der Waals surface area contributed by atoms with E-state index < -0.39 is 5.97 Å². The first-order valence-corrected chi connectivity index (χ1v) is 8.85. The smallest absolute Gasteiger partial charge is 0.341 e. The first-order chi connectivity index (χ1) is 12.9. The zero-order valence-electron chi connectivity index (χ0n) is 14.7. The van der Waals surface area contributed by atoms with Crippen LogP contribution in [0.25, 0.3) is 0 Å². The third-order valence-corrected chi connectivity index (χ3v) is 4.49. The van der Waals surface area contributed by atoms with Crippen LogP contribution in [-0.4, -0.2) is 38.0 Å². The number of ether oxygens (including phenoxy) is 2. The van der Waals surface area contributed by atoms with Gasteiger partial charge in [0.2, 0.25) is 5.91 Å². The van der Waals surface area contributed by atoms with E-state index in [1.807, 2.05) is 0 Å². The molecule has 2 amide bonds. The largest absolute Gasteiger partial charge is 0.482 e. The Bertz CT molecular complexity index is 907. The highest BCUT2D eigenvalue weighted by molar-refractivity contribution is 9.10. The number of hydrogen-bond donors (Lipinski definition) is 1. The summed E-state index contributed by atoms with van der Waals surface area (Å²) in [5.74, 6) is 0.180. The maximum absolute atomic E-state index is 12.3. The number of furan rings is 1. The SMILES string of the molecule is COC(=O)c1cc(CNC(=O)CN2C(=O)COc3cc(Br)ccc32)oc1C. The Morgan fingerprint density at radius 3 is 2.85 bits per heavy atom. The summed E-state index contributed by atoms with van der Waals surface area (Å²) >= 11 is 3.34. The predicted molar refractivity (Wildman–Crippen MR) is 98.6 cm³/mol. The molecule has 1 aromatic carbocycles. The van der Waals surface area contributed by atoms with Gasteiger partial charge in [-0.3, -0.25) is 14.5 Å². The van der Waals surface area contributed by atoms with Crippen LogP contribution in [0.2, 0.25) is 0 Å². The van der Waals surface area contributed by atoms with Gasteiger partial charge in [-0.15, -0.1) is 0 Å². The fourth-order valence-electron chi connectivity index (χ4n) is 2.68. The second kappa shape index (κ2) is 7.83. The molecule has 142 valence electrons. The van der Waals surface area contributed by atoms with Gasteiger partial charge in [0, 0.05) is 4.47 Å². The number of carbonyl (C=O) groups excluding carboxylic acids is 3. The topological polar surface area (TPSA) is 98.1 Å². The summed E-state index contributed by atoms with van der Waals surface area (Å²) in [7, 11) is 1.28. The molecular weight excluding hydrogens is 420 g/mol. The van der Waals surface area contributed by atoms with Crippen molar-refractivity contribution in [1.82, 2.24) is 5.32 Å². The Kier molecular flexibility index (Phi) is 5.50. The molecule has 1 aliphatic heterocycles. The number of methoxy groups -OCH3 is 1. The fourth-order valence-corrected chi connectivity index (χ4v) is 3.02. The van der Waals surface area contributed by atoms with E-state index in [9.17, 15) is 14.4 Å². The molecule has 0 atom stereocenters. The Labute approximate surface area is 163 Å². The van der Waals surface area contributed by atoms with Crippen LogP contribution in [0.4, 0.5) is 5.69 Å². The van der Waals surface area contributed by atoms with Crippen molar-refractivity contribution in [2.24, 2.45) is 0 Å². The van der Waals surface area contributed by atoms with Gasteiger partial charge >= 0.3 is 5.97 Å². The summed E-state index contributed by atoms with van der Waals surface area (Å²) in [5, 5.41) is 2.68. The molecule has 0 radical (unpaired) electrons. The van der Waals surface area contributed by atoms with E-state index in [-0.39, 0.29) is 31.5 Å². The highest BCUT2D eigenvalue weighted by atomic mass is 79.9. The van der Waals surface area contributed by atoms with Gasteiger partial charge < -0.3 is 19.2 Å². The molecule has 0 saturated heterocycles. The minimum atomic E-state index is -0.504. The number of halogens is 1. The Morgan fingerprint density at radius 1 is 1.33 bits per heavy atom. The minimum Gasteiger partial charge on any atom is -0.482 e. The average molecular weight is 437 g/mol. The van der Waals surface area contributed by atoms with Crippen molar-refractivity contribution in [1.29, 1.82) is 0 Å². The van der Waals surface area contributed by atoms with E-state index in [0.717, 1.165) is 4.47 Å². The standard InChI is InChI=1S/C18H17BrN2O6/c1-10-13(18(24)25-2)6-12(27-10)7-20-16(22)8-21-14-4-3-11(19)5-15(14)26-9-17(21)23/h3-6H,7-9H2,1-2H3,(H,20,22). The zero-order valence-corrected chi connectivity index (χ0v) is 16.3. The third kappa shape index (κ3) is 4.13. The molecule has 2 aromatic rings. The van der Waals surface area contributed by atoms with Gasteiger partial charge in [0.25, 0.3) is 5.91 Å². The second-order valence-electron chi connectivity index (χ2n) is 5.83. The lowest BCUT2D eigenvalue weighted by atomic mass is 10.2. The van der Waals surface area contributed by atoms with Crippen molar-refractivity contribution < 1.29 is 28.3 Å². The van der Waals surface area contributed by atoms with Crippen LogP contribution in [0, 0.1) is 6.92 Å². The van der Waals surface area contributed by atoms with Crippen LogP contribution in [0.5, 0.6) is 5.75 Å². The van der Waals surface area contributed by atoms with E-state index in [4.69, 9.17) is 9.15 Å². The summed E-state index contributed by atoms with van der Waals surface area (Å²) in [4.78, 5) is 37.4. The van der Waals surface area contributed by atoms with Crippen LogP contribution >= 0.6 is 15.9 Å². The van der Waals surface area contributed by atoms with E-state index in [0.29, 0.717) is 28.5 Å². The molecule has 0 saturated carbocycles. The summed E-state index contributed by atoms with van der Waals surface area (Å²) < 4.78 is 16.3. The number of anilines is 1. The van der Waals surface area contributed by atoms with Gasteiger partial charge in [-0.25, -0.2) is 4.79 Å². The monoisotopic (exact) mass is 436 g/mol. The lowest BCUT2D eigenvalue weighted by Gasteiger charge is -2.28. The molecule has 0 fully saturated rings. The summed E-state index contributed by atoms with van der Waals surface area (Å²) in [6.07, 6.45) is 0. The van der Waals surface area contributed by atoms with Gasteiger partial charge in [0.1, 0.15) is 29.4 Å². The summed E-state index contributed by atoms with van der Waals surface area (Å²) in [6.45, 7) is 1.44. The van der Waals surface area contributed by atoms with Crippen LogP contribution in [0.1, 0.15) is 21.9 Å². The number of hydrogen-bond acceptors (Lipinski definition) is 6. The summed E-state index contributed by atoms with van der Waals surface area (Å²) in [5.41, 5.74) is 0.844. The maximum atomic E-state index is 12.3. The van der Waals surface area contributed by atoms with Gasteiger partial charge in [-0.1, -0.05) is 15.9 Å². The molecule has 1 N–H and O–H groups in total. The van der Waals surface area contributed by atoms with Crippen LogP contribution < -0.4 is 15.0 Å². The number of fused-ring (bicyclic) bond motifs is 1. The highest BCUT2D eigenvalue weighted by Crippen LogP contribution is 2.34. The van der Waals surface area contributed by atoms with Crippen LogP contribution in [-0.2, 0) is 20.9 Å². The molecule has 3 rings (SSSR count). The van der Waals surface area contributed by atoms with Crippen molar-refractivity contribution in [2.75, 3.05) is 25.2 Å². The van der Waals surface area contributed by atoms with Crippen LogP contribution in [0.15, 0.2) is 33.2 Å². The first-order valence-electron chi connectivity index (χ1n) is 8.06. The summed E-state index contributed by atoms with van der Waals surface area (Å²) in [6, 6.07) is 6.74. The van der Waals surface area contributed by atoms with Gasteiger partial charge in [0.05, 0.1) is 19.3 Å². The van der Waals surface area contributed by atoms with E-state index >= 15 is 0 Å². The molecule has 1 aliphatic rings. The maximum Gasteiger partial charge on any atom is 0.341 e. The number of esters is 1. The third-order valence-electron chi connectivity index (χ3n) is 4.00. The molecule has 0 aliphatic carbocycles. The molecule has 9 heteroatoms. The molecule has 0 spiro atoms. The van der Waals surface area contributed by atoms with Crippen molar-refractivity contribution in [3.8, 4) is 5.75 Å². The minimum absolute atomic E-state index is 0.0857. The number of nitrogens with zero attached hydrogens (tertiary/aromatic N) is 1. The number of aryl methyl sites for hydroxylation is 1. The molecule has 0 unspecified atom stereocenters. The molecule has 0 bridgehead atoms. The Balaban J connectivity index is 1.65. The quantitative estimate of drug-likeness (QED) is 0.721. The van der Waals surface area contributed by atoms with E-state index in [1.165, 1.54) is 18.1 Å².